The molecule has 0 radical (unpaired) electrons. The van der Waals surface area contributed by atoms with Crippen molar-refractivity contribution in [2.45, 2.75) is 13.8 Å². The summed E-state index contributed by atoms with van der Waals surface area (Å²) in [7, 11) is 1.58. The lowest BCUT2D eigenvalue weighted by atomic mass is 10.3. The summed E-state index contributed by atoms with van der Waals surface area (Å²) >= 11 is 3.37. The lowest BCUT2D eigenvalue weighted by molar-refractivity contribution is 0.396. The van der Waals surface area contributed by atoms with Crippen LogP contribution in [0.3, 0.4) is 0 Å². The van der Waals surface area contributed by atoms with Crippen LogP contribution in [0.15, 0.2) is 10.5 Å². The number of aryl methyl sites for hydroxylation is 2. The fraction of sp³-hybridized carbons (Fsp3) is 0.300. The van der Waals surface area contributed by atoms with Crippen LogP contribution in [0.2, 0.25) is 0 Å². The van der Waals surface area contributed by atoms with Crippen LogP contribution >= 0.6 is 15.9 Å². The van der Waals surface area contributed by atoms with E-state index in [4.69, 9.17) is 4.74 Å². The lowest BCUT2D eigenvalue weighted by Gasteiger charge is -2.05. The number of pyridine rings is 1. The van der Waals surface area contributed by atoms with Gasteiger partial charge in [-0.05, 0) is 35.8 Å². The van der Waals surface area contributed by atoms with Gasteiger partial charge in [-0.1, -0.05) is 0 Å². The molecule has 78 valence electrons. The van der Waals surface area contributed by atoms with Crippen molar-refractivity contribution in [2.75, 3.05) is 7.11 Å². The molecule has 0 fully saturated rings. The van der Waals surface area contributed by atoms with E-state index < -0.39 is 0 Å². The molecule has 0 N–H and O–H groups in total. The van der Waals surface area contributed by atoms with E-state index in [1.165, 1.54) is 0 Å². The lowest BCUT2D eigenvalue weighted by Crippen LogP contribution is -1.97. The summed E-state index contributed by atoms with van der Waals surface area (Å²) in [5.41, 5.74) is 3.18. The third-order valence-corrected chi connectivity index (χ3v) is 2.75. The summed E-state index contributed by atoms with van der Waals surface area (Å²) in [6.07, 6.45) is 0. The Morgan fingerprint density at radius 2 is 1.80 bits per heavy atom. The van der Waals surface area contributed by atoms with Gasteiger partial charge < -0.3 is 4.74 Å². The summed E-state index contributed by atoms with van der Waals surface area (Å²) in [4.78, 5) is 13.0. The summed E-state index contributed by atoms with van der Waals surface area (Å²) < 4.78 is 5.88. The summed E-state index contributed by atoms with van der Waals surface area (Å²) in [6, 6.07) is 1.86. The molecule has 0 bridgehead atoms. The monoisotopic (exact) mass is 267 g/mol. The Morgan fingerprint density at radius 1 is 1.13 bits per heavy atom. The highest BCUT2D eigenvalue weighted by Crippen LogP contribution is 2.25. The SMILES string of the molecule is COc1nc2nc(C)c(C)nc2cc1Br. The maximum atomic E-state index is 5.10. The highest BCUT2D eigenvalue weighted by Gasteiger charge is 2.08. The Kier molecular flexibility index (Phi) is 2.56. The minimum absolute atomic E-state index is 0.528. The largest absolute Gasteiger partial charge is 0.480 e. The minimum Gasteiger partial charge on any atom is -0.480 e. The molecule has 0 saturated heterocycles. The molecular weight excluding hydrogens is 258 g/mol. The van der Waals surface area contributed by atoms with Crippen LogP contribution in [-0.2, 0) is 0 Å². The van der Waals surface area contributed by atoms with Gasteiger partial charge in [-0.25, -0.2) is 9.97 Å². The molecule has 2 rings (SSSR count). The summed E-state index contributed by atoms with van der Waals surface area (Å²) in [5, 5.41) is 0. The number of nitrogens with zero attached hydrogens (tertiary/aromatic N) is 3. The fourth-order valence-electron chi connectivity index (χ4n) is 1.26. The number of fused-ring (bicyclic) bond motifs is 1. The van der Waals surface area contributed by atoms with Gasteiger partial charge >= 0.3 is 0 Å². The van der Waals surface area contributed by atoms with Crippen LogP contribution in [0, 0.1) is 13.8 Å². The summed E-state index contributed by atoms with van der Waals surface area (Å²) in [5.74, 6) is 0.528. The van der Waals surface area contributed by atoms with Crippen LogP contribution in [-0.4, -0.2) is 22.1 Å². The smallest absolute Gasteiger partial charge is 0.229 e. The van der Waals surface area contributed by atoms with E-state index in [1.807, 2.05) is 19.9 Å². The van der Waals surface area contributed by atoms with Gasteiger partial charge in [0.05, 0.1) is 23.0 Å². The average Bonchev–Trinajstić information content (AvgIpc) is 2.20. The zero-order valence-corrected chi connectivity index (χ0v) is 10.3. The van der Waals surface area contributed by atoms with Crippen molar-refractivity contribution in [3.8, 4) is 5.88 Å². The molecule has 2 aromatic rings. The number of hydrogen-bond acceptors (Lipinski definition) is 4. The Morgan fingerprint density at radius 3 is 2.47 bits per heavy atom. The molecular formula is C10H10BrN3O. The molecule has 2 aromatic heterocycles. The van der Waals surface area contributed by atoms with Crippen molar-refractivity contribution in [3.63, 3.8) is 0 Å². The fourth-order valence-corrected chi connectivity index (χ4v) is 1.73. The zero-order chi connectivity index (χ0) is 11.0. The molecule has 2 heterocycles. The van der Waals surface area contributed by atoms with Crippen LogP contribution in [0.5, 0.6) is 5.88 Å². The van der Waals surface area contributed by atoms with Gasteiger partial charge in [0, 0.05) is 0 Å². The molecule has 15 heavy (non-hydrogen) atoms. The molecule has 0 unspecified atom stereocenters. The van der Waals surface area contributed by atoms with Crippen molar-refractivity contribution < 1.29 is 4.74 Å². The maximum absolute atomic E-state index is 5.10. The molecule has 5 heteroatoms. The molecule has 0 amide bonds. The van der Waals surface area contributed by atoms with Crippen molar-refractivity contribution in [2.24, 2.45) is 0 Å². The first-order valence-corrected chi connectivity index (χ1v) is 5.26. The number of halogens is 1. The van der Waals surface area contributed by atoms with Crippen molar-refractivity contribution in [1.82, 2.24) is 15.0 Å². The quantitative estimate of drug-likeness (QED) is 0.796. The average molecular weight is 268 g/mol. The van der Waals surface area contributed by atoms with E-state index in [0.29, 0.717) is 11.5 Å². The third-order valence-electron chi connectivity index (χ3n) is 2.18. The standard InChI is InChI=1S/C10H10BrN3O/c1-5-6(2)13-9-8(12-5)4-7(11)10(14-9)15-3/h4H,1-3H3. The topological polar surface area (TPSA) is 47.9 Å². The molecule has 0 aliphatic carbocycles. The number of aromatic nitrogens is 3. The molecule has 4 nitrogen and oxygen atoms in total. The second kappa shape index (κ2) is 3.73. The second-order valence-corrected chi connectivity index (χ2v) is 4.07. The van der Waals surface area contributed by atoms with Crippen molar-refractivity contribution in [3.05, 3.63) is 21.9 Å². The molecule has 0 aliphatic heterocycles. The van der Waals surface area contributed by atoms with Crippen molar-refractivity contribution >= 4 is 27.1 Å². The van der Waals surface area contributed by atoms with Gasteiger partial charge in [-0.3, -0.25) is 0 Å². The highest BCUT2D eigenvalue weighted by molar-refractivity contribution is 9.10. The Balaban J connectivity index is 2.76. The van der Waals surface area contributed by atoms with Crippen molar-refractivity contribution in [1.29, 1.82) is 0 Å². The van der Waals surface area contributed by atoms with Gasteiger partial charge in [-0.2, -0.15) is 4.98 Å². The number of methoxy groups -OCH3 is 1. The Labute approximate surface area is 95.8 Å². The van der Waals surface area contributed by atoms with Gasteiger partial charge in [-0.15, -0.1) is 0 Å². The molecule has 0 aromatic carbocycles. The minimum atomic E-state index is 0.528. The molecule has 0 saturated carbocycles. The summed E-state index contributed by atoms with van der Waals surface area (Å²) in [6.45, 7) is 3.85. The second-order valence-electron chi connectivity index (χ2n) is 3.22. The predicted octanol–water partition coefficient (Wildman–Crippen LogP) is 2.41. The number of rotatable bonds is 1. The number of ether oxygens (including phenoxy) is 1. The van der Waals surface area contributed by atoms with Gasteiger partial charge in [0.2, 0.25) is 5.88 Å². The van der Waals surface area contributed by atoms with Crippen LogP contribution in [0.4, 0.5) is 0 Å². The van der Waals surface area contributed by atoms with E-state index >= 15 is 0 Å². The van der Waals surface area contributed by atoms with E-state index in [-0.39, 0.29) is 0 Å². The molecule has 0 aliphatic rings. The highest BCUT2D eigenvalue weighted by atomic mass is 79.9. The Bertz CT molecular complexity index is 528. The van der Waals surface area contributed by atoms with Gasteiger partial charge in [0.25, 0.3) is 0 Å². The first-order valence-electron chi connectivity index (χ1n) is 4.47. The van der Waals surface area contributed by atoms with E-state index in [9.17, 15) is 0 Å². The number of hydrogen-bond donors (Lipinski definition) is 0. The maximum Gasteiger partial charge on any atom is 0.229 e. The van der Waals surface area contributed by atoms with Crippen LogP contribution in [0.25, 0.3) is 11.2 Å². The normalized spacial score (nSPS) is 10.7. The Hall–Kier alpha value is -1.23. The molecule has 0 spiro atoms. The zero-order valence-electron chi connectivity index (χ0n) is 8.71. The third kappa shape index (κ3) is 1.79. The van der Waals surface area contributed by atoms with E-state index in [2.05, 4.69) is 30.9 Å². The first-order chi connectivity index (χ1) is 7.11. The van der Waals surface area contributed by atoms with Crippen LogP contribution < -0.4 is 4.74 Å². The first kappa shape index (κ1) is 10.3. The van der Waals surface area contributed by atoms with Crippen LogP contribution in [0.1, 0.15) is 11.4 Å². The van der Waals surface area contributed by atoms with Gasteiger partial charge in [0.15, 0.2) is 5.65 Å². The molecule has 0 atom stereocenters. The van der Waals surface area contributed by atoms with E-state index in [0.717, 1.165) is 21.4 Å². The predicted molar refractivity (Wildman–Crippen MR) is 61.1 cm³/mol. The van der Waals surface area contributed by atoms with E-state index in [1.54, 1.807) is 7.11 Å². The van der Waals surface area contributed by atoms with Gasteiger partial charge in [0.1, 0.15) is 5.52 Å².